The predicted molar refractivity (Wildman–Crippen MR) is 40.5 cm³/mol. The van der Waals surface area contributed by atoms with Crippen LogP contribution in [0.3, 0.4) is 0 Å². The number of carboxylic acid groups (broad SMARTS) is 1. The van der Waals surface area contributed by atoms with Gasteiger partial charge in [-0.3, -0.25) is 4.79 Å². The fourth-order valence-corrected chi connectivity index (χ4v) is 0.950. The van der Waals surface area contributed by atoms with E-state index in [1.54, 1.807) is 13.8 Å². The van der Waals surface area contributed by atoms with Crippen molar-refractivity contribution >= 4 is 5.97 Å². The van der Waals surface area contributed by atoms with Gasteiger partial charge < -0.3 is 15.3 Å². The smallest absolute Gasteiger partial charge is 0.326 e. The average Bonchev–Trinajstić information content (AvgIpc) is 2.28. The van der Waals surface area contributed by atoms with Crippen LogP contribution < -0.4 is 5.73 Å². The van der Waals surface area contributed by atoms with Gasteiger partial charge in [-0.2, -0.15) is 0 Å². The van der Waals surface area contributed by atoms with E-state index in [-0.39, 0.29) is 0 Å². The second-order valence-corrected chi connectivity index (χ2v) is 2.49. The Morgan fingerprint density at radius 2 is 2.25 bits per heavy atom. The van der Waals surface area contributed by atoms with Crippen LogP contribution in [-0.4, -0.2) is 16.1 Å². The van der Waals surface area contributed by atoms with E-state index < -0.39 is 12.0 Å². The molecule has 0 spiro atoms. The number of hydrogen-bond acceptors (Lipinski definition) is 4. The molecule has 1 atom stereocenters. The molecule has 0 radical (unpaired) electrons. The van der Waals surface area contributed by atoms with Crippen molar-refractivity contribution in [2.24, 2.45) is 5.73 Å². The SMILES string of the molecule is Cc1nc(C(N)C(=O)O)c(C)o1. The van der Waals surface area contributed by atoms with Crippen LogP contribution >= 0.6 is 0 Å². The molecule has 5 nitrogen and oxygen atoms in total. The summed E-state index contributed by atoms with van der Waals surface area (Å²) >= 11 is 0. The van der Waals surface area contributed by atoms with Gasteiger partial charge in [0.05, 0.1) is 0 Å². The van der Waals surface area contributed by atoms with Crippen molar-refractivity contribution in [3.05, 3.63) is 17.3 Å². The molecule has 0 aromatic carbocycles. The highest BCUT2D eigenvalue weighted by Gasteiger charge is 2.20. The molecule has 1 heterocycles. The molecule has 0 aliphatic heterocycles. The first-order valence-corrected chi connectivity index (χ1v) is 3.44. The van der Waals surface area contributed by atoms with E-state index in [2.05, 4.69) is 4.98 Å². The molecular weight excluding hydrogens is 160 g/mol. The Morgan fingerprint density at radius 1 is 1.67 bits per heavy atom. The highest BCUT2D eigenvalue weighted by atomic mass is 16.4. The van der Waals surface area contributed by atoms with Crippen LogP contribution in [0.5, 0.6) is 0 Å². The van der Waals surface area contributed by atoms with Crippen LogP contribution in [0.2, 0.25) is 0 Å². The second-order valence-electron chi connectivity index (χ2n) is 2.49. The van der Waals surface area contributed by atoms with Crippen molar-refractivity contribution < 1.29 is 14.3 Å². The van der Waals surface area contributed by atoms with E-state index >= 15 is 0 Å². The van der Waals surface area contributed by atoms with E-state index in [0.717, 1.165) is 0 Å². The van der Waals surface area contributed by atoms with Gasteiger partial charge in [0.1, 0.15) is 17.5 Å². The summed E-state index contributed by atoms with van der Waals surface area (Å²) < 4.78 is 5.03. The Kier molecular flexibility index (Phi) is 2.14. The molecule has 1 aromatic heterocycles. The van der Waals surface area contributed by atoms with Crippen LogP contribution in [0.1, 0.15) is 23.4 Å². The number of aromatic nitrogens is 1. The third-order valence-electron chi connectivity index (χ3n) is 1.50. The first-order valence-electron chi connectivity index (χ1n) is 3.44. The minimum absolute atomic E-state index is 0.292. The molecule has 0 bridgehead atoms. The fraction of sp³-hybridized carbons (Fsp3) is 0.429. The molecule has 12 heavy (non-hydrogen) atoms. The van der Waals surface area contributed by atoms with Crippen molar-refractivity contribution in [1.29, 1.82) is 0 Å². The monoisotopic (exact) mass is 170 g/mol. The van der Waals surface area contributed by atoms with Gasteiger partial charge >= 0.3 is 5.97 Å². The van der Waals surface area contributed by atoms with Gasteiger partial charge in [-0.05, 0) is 6.92 Å². The maximum absolute atomic E-state index is 10.5. The lowest BCUT2D eigenvalue weighted by Crippen LogP contribution is -2.21. The van der Waals surface area contributed by atoms with Crippen molar-refractivity contribution in [1.82, 2.24) is 4.98 Å². The van der Waals surface area contributed by atoms with Crippen LogP contribution in [0, 0.1) is 13.8 Å². The van der Waals surface area contributed by atoms with Gasteiger partial charge in [-0.25, -0.2) is 4.98 Å². The quantitative estimate of drug-likeness (QED) is 0.669. The number of nitrogens with two attached hydrogens (primary N) is 1. The Bertz CT molecular complexity index is 306. The summed E-state index contributed by atoms with van der Waals surface area (Å²) in [5, 5.41) is 8.56. The van der Waals surface area contributed by atoms with Crippen molar-refractivity contribution in [2.45, 2.75) is 19.9 Å². The van der Waals surface area contributed by atoms with Crippen molar-refractivity contribution in [3.63, 3.8) is 0 Å². The molecule has 0 aliphatic rings. The van der Waals surface area contributed by atoms with Crippen LogP contribution in [-0.2, 0) is 4.79 Å². The van der Waals surface area contributed by atoms with Gasteiger partial charge in [0.15, 0.2) is 5.89 Å². The summed E-state index contributed by atoms with van der Waals surface area (Å²) in [4.78, 5) is 14.3. The number of carboxylic acids is 1. The zero-order valence-corrected chi connectivity index (χ0v) is 6.87. The average molecular weight is 170 g/mol. The summed E-state index contributed by atoms with van der Waals surface area (Å²) in [6.45, 7) is 3.28. The summed E-state index contributed by atoms with van der Waals surface area (Å²) in [7, 11) is 0. The molecule has 1 unspecified atom stereocenters. The highest BCUT2D eigenvalue weighted by Crippen LogP contribution is 2.15. The normalized spacial score (nSPS) is 12.9. The number of aliphatic carboxylic acids is 1. The predicted octanol–water partition coefficient (Wildman–Crippen LogP) is 0.376. The van der Waals surface area contributed by atoms with E-state index in [0.29, 0.717) is 17.3 Å². The molecule has 0 fully saturated rings. The van der Waals surface area contributed by atoms with E-state index in [1.165, 1.54) is 0 Å². The lowest BCUT2D eigenvalue weighted by atomic mass is 10.2. The van der Waals surface area contributed by atoms with E-state index in [9.17, 15) is 4.79 Å². The molecule has 0 aliphatic carbocycles. The maximum Gasteiger partial charge on any atom is 0.326 e. The largest absolute Gasteiger partial charge is 0.480 e. The van der Waals surface area contributed by atoms with Gasteiger partial charge in [0, 0.05) is 6.92 Å². The van der Waals surface area contributed by atoms with Crippen LogP contribution in [0.25, 0.3) is 0 Å². The van der Waals surface area contributed by atoms with Gasteiger partial charge in [0.2, 0.25) is 0 Å². The molecule has 5 heteroatoms. The number of rotatable bonds is 2. The molecule has 1 rings (SSSR count). The summed E-state index contributed by atoms with van der Waals surface area (Å²) in [5.41, 5.74) is 5.62. The topological polar surface area (TPSA) is 89.3 Å². The molecule has 0 amide bonds. The number of oxazole rings is 1. The second kappa shape index (κ2) is 2.94. The molecule has 3 N–H and O–H groups in total. The van der Waals surface area contributed by atoms with Crippen LogP contribution in [0.15, 0.2) is 4.42 Å². The first-order chi connectivity index (χ1) is 5.52. The minimum Gasteiger partial charge on any atom is -0.480 e. The summed E-state index contributed by atoms with van der Waals surface area (Å²) in [6, 6.07) is -1.09. The zero-order chi connectivity index (χ0) is 9.30. The Morgan fingerprint density at radius 3 is 2.58 bits per heavy atom. The Hall–Kier alpha value is -1.36. The minimum atomic E-state index is -1.11. The Balaban J connectivity index is 3.02. The fourth-order valence-electron chi connectivity index (χ4n) is 0.950. The zero-order valence-electron chi connectivity index (χ0n) is 6.87. The lowest BCUT2D eigenvalue weighted by molar-refractivity contribution is -0.138. The van der Waals surface area contributed by atoms with Crippen molar-refractivity contribution in [3.8, 4) is 0 Å². The summed E-state index contributed by atoms with van der Waals surface area (Å²) in [5.74, 6) is -0.215. The van der Waals surface area contributed by atoms with Crippen LogP contribution in [0.4, 0.5) is 0 Å². The third kappa shape index (κ3) is 1.45. The first kappa shape index (κ1) is 8.73. The maximum atomic E-state index is 10.5. The van der Waals surface area contributed by atoms with Gasteiger partial charge in [0.25, 0.3) is 0 Å². The Labute approximate surface area is 69.2 Å². The molecular formula is C7H10N2O3. The van der Waals surface area contributed by atoms with E-state index in [1.807, 2.05) is 0 Å². The third-order valence-corrected chi connectivity index (χ3v) is 1.50. The highest BCUT2D eigenvalue weighted by molar-refractivity contribution is 5.74. The molecule has 1 aromatic rings. The van der Waals surface area contributed by atoms with E-state index in [4.69, 9.17) is 15.3 Å². The summed E-state index contributed by atoms with van der Waals surface area (Å²) in [6.07, 6.45) is 0. The number of carbonyl (C=O) groups is 1. The standard InChI is InChI=1S/C7H10N2O3/c1-3-6(5(8)7(10)11)9-4(2)12-3/h5H,8H2,1-2H3,(H,10,11). The number of aryl methyl sites for hydroxylation is 2. The van der Waals surface area contributed by atoms with Gasteiger partial charge in [-0.1, -0.05) is 0 Å². The lowest BCUT2D eigenvalue weighted by Gasteiger charge is -2.00. The van der Waals surface area contributed by atoms with Crippen molar-refractivity contribution in [2.75, 3.05) is 0 Å². The number of nitrogens with zero attached hydrogens (tertiary/aromatic N) is 1. The molecule has 0 saturated carbocycles. The van der Waals surface area contributed by atoms with Gasteiger partial charge in [-0.15, -0.1) is 0 Å². The molecule has 0 saturated heterocycles. The molecule has 66 valence electrons. The number of hydrogen-bond donors (Lipinski definition) is 2.